The van der Waals surface area contributed by atoms with Gasteiger partial charge in [-0.3, -0.25) is 0 Å². The van der Waals surface area contributed by atoms with Crippen molar-refractivity contribution in [2.75, 3.05) is 6.61 Å². The molecule has 0 spiro atoms. The molecule has 0 aliphatic heterocycles. The summed E-state index contributed by atoms with van der Waals surface area (Å²) in [4.78, 5) is 11.5. The summed E-state index contributed by atoms with van der Waals surface area (Å²) < 4.78 is 27.6. The summed E-state index contributed by atoms with van der Waals surface area (Å²) in [7, 11) is -4.03. The van der Waals surface area contributed by atoms with E-state index in [0.717, 1.165) is 12.5 Å². The first-order chi connectivity index (χ1) is 8.79. The van der Waals surface area contributed by atoms with Gasteiger partial charge in [-0.1, -0.05) is 36.5 Å². The summed E-state index contributed by atoms with van der Waals surface area (Å²) in [6.07, 6.45) is 1.54. The number of ether oxygens (including phenoxy) is 1. The van der Waals surface area contributed by atoms with Gasteiger partial charge in [-0.25, -0.2) is 18.4 Å². The van der Waals surface area contributed by atoms with Crippen molar-refractivity contribution in [3.8, 4) is 0 Å². The third kappa shape index (κ3) is 4.07. The number of nitrogens with two attached hydrogens (primary N) is 1. The van der Waals surface area contributed by atoms with Gasteiger partial charge in [0.15, 0.2) is 0 Å². The van der Waals surface area contributed by atoms with Crippen LogP contribution in [0, 0.1) is 0 Å². The van der Waals surface area contributed by atoms with Gasteiger partial charge in [0.25, 0.3) is 0 Å². The van der Waals surface area contributed by atoms with Crippen molar-refractivity contribution in [3.05, 3.63) is 27.7 Å². The van der Waals surface area contributed by atoms with E-state index in [1.807, 2.05) is 6.92 Å². The van der Waals surface area contributed by atoms with Crippen molar-refractivity contribution in [1.29, 1.82) is 0 Å². The second-order valence-electron chi connectivity index (χ2n) is 3.77. The van der Waals surface area contributed by atoms with Gasteiger partial charge in [0.2, 0.25) is 10.0 Å². The number of primary sulfonamides is 1. The average Bonchev–Trinajstić information content (AvgIpc) is 2.27. The minimum Gasteiger partial charge on any atom is -0.462 e. The van der Waals surface area contributed by atoms with E-state index in [4.69, 9.17) is 33.1 Å². The number of carbonyl (C=O) groups excluding carboxylic acids is 1. The van der Waals surface area contributed by atoms with Crippen LogP contribution >= 0.6 is 23.2 Å². The maximum Gasteiger partial charge on any atom is 0.341 e. The van der Waals surface area contributed by atoms with Crippen LogP contribution < -0.4 is 5.14 Å². The molecule has 0 radical (unpaired) electrons. The van der Waals surface area contributed by atoms with Gasteiger partial charge >= 0.3 is 5.97 Å². The molecule has 0 fully saturated rings. The number of halogens is 2. The quantitative estimate of drug-likeness (QED) is 0.665. The fourth-order valence-electron chi connectivity index (χ4n) is 1.32. The Hall–Kier alpha value is -0.820. The van der Waals surface area contributed by atoms with Gasteiger partial charge in [-0.2, -0.15) is 0 Å². The van der Waals surface area contributed by atoms with Gasteiger partial charge in [0, 0.05) is 0 Å². The van der Waals surface area contributed by atoms with E-state index >= 15 is 0 Å². The molecule has 0 saturated heterocycles. The van der Waals surface area contributed by atoms with E-state index < -0.39 is 16.0 Å². The number of esters is 1. The fraction of sp³-hybridized carbons (Fsp3) is 0.364. The third-order valence-corrected chi connectivity index (χ3v) is 4.07. The molecule has 8 heteroatoms. The summed E-state index contributed by atoms with van der Waals surface area (Å²) in [5, 5.41) is 4.68. The topological polar surface area (TPSA) is 86.5 Å². The SMILES string of the molecule is CCCCOC(=O)c1c(Cl)ccc(S(N)(=O)=O)c1Cl. The Morgan fingerprint density at radius 2 is 2.00 bits per heavy atom. The zero-order chi connectivity index (χ0) is 14.6. The molecule has 5 nitrogen and oxygen atoms in total. The monoisotopic (exact) mass is 325 g/mol. The molecule has 2 N–H and O–H groups in total. The minimum absolute atomic E-state index is 0.0129. The Labute approximate surface area is 121 Å². The lowest BCUT2D eigenvalue weighted by molar-refractivity contribution is 0.0500. The van der Waals surface area contributed by atoms with Crippen molar-refractivity contribution in [3.63, 3.8) is 0 Å². The number of unbranched alkanes of at least 4 members (excludes halogenated alkanes) is 1. The first-order valence-corrected chi connectivity index (χ1v) is 7.77. The molecule has 1 aromatic carbocycles. The Bertz CT molecular complexity index is 587. The van der Waals surface area contributed by atoms with Crippen LogP contribution in [-0.2, 0) is 14.8 Å². The fourth-order valence-corrected chi connectivity index (χ4v) is 2.78. The summed E-state index contributed by atoms with van der Waals surface area (Å²) in [6, 6.07) is 2.38. The van der Waals surface area contributed by atoms with Gasteiger partial charge in [0.05, 0.1) is 22.2 Å². The second kappa shape index (κ2) is 6.56. The summed E-state index contributed by atoms with van der Waals surface area (Å²) in [5.41, 5.74) is -0.189. The van der Waals surface area contributed by atoms with E-state index in [9.17, 15) is 13.2 Å². The molecule has 0 amide bonds. The summed E-state index contributed by atoms with van der Waals surface area (Å²) in [6.45, 7) is 2.15. The number of carbonyl (C=O) groups is 1. The van der Waals surface area contributed by atoms with E-state index in [-0.39, 0.29) is 27.1 Å². The molecule has 0 atom stereocenters. The normalized spacial score (nSPS) is 11.4. The Kier molecular flexibility index (Phi) is 5.61. The lowest BCUT2D eigenvalue weighted by Crippen LogP contribution is -2.15. The zero-order valence-corrected chi connectivity index (χ0v) is 12.5. The van der Waals surface area contributed by atoms with Crippen molar-refractivity contribution in [2.45, 2.75) is 24.7 Å². The standard InChI is InChI=1S/C11H13Cl2NO4S/c1-2-3-6-18-11(15)9-7(12)4-5-8(10(9)13)19(14,16)17/h4-5H,2-3,6H2,1H3,(H2,14,16,17). The van der Waals surface area contributed by atoms with Crippen LogP contribution in [0.3, 0.4) is 0 Å². The lowest BCUT2D eigenvalue weighted by atomic mass is 10.2. The Morgan fingerprint density at radius 3 is 2.53 bits per heavy atom. The molecule has 0 bridgehead atoms. The molecule has 1 aromatic rings. The van der Waals surface area contributed by atoms with Crippen LogP contribution in [0.4, 0.5) is 0 Å². The van der Waals surface area contributed by atoms with Crippen LogP contribution in [0.2, 0.25) is 10.0 Å². The minimum atomic E-state index is -4.03. The van der Waals surface area contributed by atoms with Crippen LogP contribution in [0.25, 0.3) is 0 Å². The molecule has 0 aromatic heterocycles. The van der Waals surface area contributed by atoms with Crippen molar-refractivity contribution in [2.24, 2.45) is 5.14 Å². The van der Waals surface area contributed by atoms with E-state index in [1.165, 1.54) is 6.07 Å². The van der Waals surface area contributed by atoms with Gasteiger partial charge in [-0.15, -0.1) is 0 Å². The molecule has 0 saturated carbocycles. The Morgan fingerprint density at radius 1 is 1.37 bits per heavy atom. The van der Waals surface area contributed by atoms with Crippen molar-refractivity contribution < 1.29 is 17.9 Å². The lowest BCUT2D eigenvalue weighted by Gasteiger charge is -2.10. The van der Waals surface area contributed by atoms with Gasteiger partial charge < -0.3 is 4.74 Å². The highest BCUT2D eigenvalue weighted by Crippen LogP contribution is 2.31. The molecule has 0 heterocycles. The smallest absolute Gasteiger partial charge is 0.341 e. The number of hydrogen-bond acceptors (Lipinski definition) is 4. The molecular weight excluding hydrogens is 313 g/mol. The highest BCUT2D eigenvalue weighted by Gasteiger charge is 2.23. The number of benzene rings is 1. The predicted octanol–water partition coefficient (Wildman–Crippen LogP) is 2.60. The van der Waals surface area contributed by atoms with Crippen LogP contribution in [0.1, 0.15) is 30.1 Å². The van der Waals surface area contributed by atoms with Crippen molar-refractivity contribution >= 4 is 39.2 Å². The largest absolute Gasteiger partial charge is 0.462 e. The highest BCUT2D eigenvalue weighted by atomic mass is 35.5. The highest BCUT2D eigenvalue weighted by molar-refractivity contribution is 7.89. The first-order valence-electron chi connectivity index (χ1n) is 5.47. The van der Waals surface area contributed by atoms with Crippen LogP contribution in [-0.4, -0.2) is 21.0 Å². The van der Waals surface area contributed by atoms with Gasteiger partial charge in [-0.05, 0) is 18.6 Å². The number of hydrogen-bond donors (Lipinski definition) is 1. The number of sulfonamides is 1. The van der Waals surface area contributed by atoms with Crippen LogP contribution in [0.5, 0.6) is 0 Å². The summed E-state index contributed by atoms with van der Waals surface area (Å²) in [5.74, 6) is -0.769. The van der Waals surface area contributed by atoms with Crippen molar-refractivity contribution in [1.82, 2.24) is 0 Å². The third-order valence-electron chi connectivity index (χ3n) is 2.30. The predicted molar refractivity (Wildman–Crippen MR) is 73.0 cm³/mol. The molecule has 0 aliphatic carbocycles. The van der Waals surface area contributed by atoms with E-state index in [0.29, 0.717) is 6.42 Å². The summed E-state index contributed by atoms with van der Waals surface area (Å²) >= 11 is 11.7. The molecule has 0 unspecified atom stereocenters. The Balaban J connectivity index is 3.17. The molecule has 0 aliphatic rings. The van der Waals surface area contributed by atoms with E-state index in [1.54, 1.807) is 0 Å². The second-order valence-corrected chi connectivity index (χ2v) is 6.08. The van der Waals surface area contributed by atoms with Crippen LogP contribution in [0.15, 0.2) is 17.0 Å². The number of rotatable bonds is 5. The average molecular weight is 326 g/mol. The molecular formula is C11H13Cl2NO4S. The molecule has 19 heavy (non-hydrogen) atoms. The zero-order valence-electron chi connectivity index (χ0n) is 10.2. The first kappa shape index (κ1) is 16.2. The van der Waals surface area contributed by atoms with Gasteiger partial charge in [0.1, 0.15) is 4.90 Å². The molecule has 1 rings (SSSR count). The molecule has 106 valence electrons. The maximum atomic E-state index is 11.8. The van der Waals surface area contributed by atoms with E-state index in [2.05, 4.69) is 0 Å². The maximum absolute atomic E-state index is 11.8.